The number of methoxy groups -OCH3 is 1. The summed E-state index contributed by atoms with van der Waals surface area (Å²) in [6.07, 6.45) is -2.07. The minimum atomic E-state index is -1.78. The Balaban J connectivity index is 3.01. The third kappa shape index (κ3) is 2.60. The summed E-state index contributed by atoms with van der Waals surface area (Å²) < 4.78 is 5.76. The zero-order valence-corrected chi connectivity index (χ0v) is 9.32. The van der Waals surface area contributed by atoms with Crippen LogP contribution in [0.1, 0.15) is 22.4 Å². The molecular formula is C9H13N3O5. The van der Waals surface area contributed by atoms with Gasteiger partial charge in [0.25, 0.3) is 0 Å². The normalized spacial score (nSPS) is 14.1. The van der Waals surface area contributed by atoms with Gasteiger partial charge in [-0.05, 0) is 0 Å². The van der Waals surface area contributed by atoms with Crippen LogP contribution in [0, 0.1) is 0 Å². The Morgan fingerprint density at radius 2 is 2.12 bits per heavy atom. The lowest BCUT2D eigenvalue weighted by molar-refractivity contribution is -0.132. The van der Waals surface area contributed by atoms with Crippen molar-refractivity contribution in [3.05, 3.63) is 17.7 Å². The summed E-state index contributed by atoms with van der Waals surface area (Å²) in [6, 6.07) is 0. The highest BCUT2D eigenvalue weighted by atomic mass is 16.5. The van der Waals surface area contributed by atoms with E-state index in [2.05, 4.69) is 9.72 Å². The lowest BCUT2D eigenvalue weighted by Gasteiger charge is -2.11. The monoisotopic (exact) mass is 243 g/mol. The van der Waals surface area contributed by atoms with Gasteiger partial charge in [-0.2, -0.15) is 0 Å². The van der Waals surface area contributed by atoms with Gasteiger partial charge in [0.2, 0.25) is 11.7 Å². The number of amides is 1. The van der Waals surface area contributed by atoms with Crippen LogP contribution < -0.4 is 5.73 Å². The summed E-state index contributed by atoms with van der Waals surface area (Å²) in [5.74, 6) is -1.83. The summed E-state index contributed by atoms with van der Waals surface area (Å²) in [5, 5.41) is 18.8. The van der Waals surface area contributed by atoms with E-state index in [1.807, 2.05) is 0 Å². The molecular weight excluding hydrogens is 230 g/mol. The molecule has 1 aromatic heterocycles. The number of carbonyl (C=O) groups is 2. The lowest BCUT2D eigenvalue weighted by atomic mass is 10.1. The zero-order valence-electron chi connectivity index (χ0n) is 9.32. The fourth-order valence-electron chi connectivity index (χ4n) is 1.23. The molecule has 2 unspecified atom stereocenters. The second kappa shape index (κ2) is 4.93. The number of hydrogen-bond donors (Lipinski definition) is 3. The maximum Gasteiger partial charge on any atom is 0.374 e. The Hall–Kier alpha value is -1.93. The first kappa shape index (κ1) is 13.1. The molecule has 8 heteroatoms. The van der Waals surface area contributed by atoms with E-state index < -0.39 is 24.1 Å². The van der Waals surface area contributed by atoms with Gasteiger partial charge in [-0.1, -0.05) is 0 Å². The maximum atomic E-state index is 11.2. The summed E-state index contributed by atoms with van der Waals surface area (Å²) in [4.78, 5) is 25.7. The molecule has 94 valence electrons. The maximum absolute atomic E-state index is 11.2. The van der Waals surface area contributed by atoms with Crippen molar-refractivity contribution in [1.82, 2.24) is 9.55 Å². The first-order valence-corrected chi connectivity index (χ1v) is 4.65. The van der Waals surface area contributed by atoms with Gasteiger partial charge in [0.05, 0.1) is 12.8 Å². The highest BCUT2D eigenvalue weighted by Gasteiger charge is 2.27. The molecule has 0 spiro atoms. The minimum Gasteiger partial charge on any atom is -0.463 e. The molecule has 1 amide bonds. The predicted molar refractivity (Wildman–Crippen MR) is 54.7 cm³/mol. The average molecular weight is 243 g/mol. The van der Waals surface area contributed by atoms with E-state index in [9.17, 15) is 19.8 Å². The van der Waals surface area contributed by atoms with Crippen molar-refractivity contribution >= 4 is 11.9 Å². The van der Waals surface area contributed by atoms with Crippen molar-refractivity contribution in [3.8, 4) is 0 Å². The standard InChI is InChI=1S/C9H13N3O5/c1-12-3-4(5(13)6(14)7(10)15)11-8(12)9(16)17-2/h3,5-6,13-14H,1-2H3,(H2,10,15). The van der Waals surface area contributed by atoms with E-state index in [1.54, 1.807) is 0 Å². The molecule has 0 saturated carbocycles. The van der Waals surface area contributed by atoms with E-state index >= 15 is 0 Å². The molecule has 17 heavy (non-hydrogen) atoms. The second-order valence-electron chi connectivity index (χ2n) is 3.38. The topological polar surface area (TPSA) is 128 Å². The van der Waals surface area contributed by atoms with Crippen molar-refractivity contribution in [2.75, 3.05) is 7.11 Å². The second-order valence-corrected chi connectivity index (χ2v) is 3.38. The Morgan fingerprint density at radius 1 is 1.53 bits per heavy atom. The number of nitrogens with zero attached hydrogens (tertiary/aromatic N) is 2. The number of ether oxygens (including phenoxy) is 1. The SMILES string of the molecule is COC(=O)c1nc(C(O)C(O)C(N)=O)cn1C. The minimum absolute atomic E-state index is 0.0424. The molecule has 1 aromatic rings. The van der Waals surface area contributed by atoms with Crippen molar-refractivity contribution in [2.24, 2.45) is 12.8 Å². The fourth-order valence-corrected chi connectivity index (χ4v) is 1.23. The van der Waals surface area contributed by atoms with E-state index in [0.717, 1.165) is 0 Å². The van der Waals surface area contributed by atoms with E-state index in [0.29, 0.717) is 0 Å². The molecule has 4 N–H and O–H groups in total. The fraction of sp³-hybridized carbons (Fsp3) is 0.444. The van der Waals surface area contributed by atoms with Crippen LogP contribution in [0.5, 0.6) is 0 Å². The van der Waals surface area contributed by atoms with E-state index in [1.165, 1.54) is 24.9 Å². The number of aliphatic hydroxyl groups excluding tert-OH is 2. The van der Waals surface area contributed by atoms with E-state index in [-0.39, 0.29) is 11.5 Å². The molecule has 0 fully saturated rings. The van der Waals surface area contributed by atoms with Gasteiger partial charge in [-0.25, -0.2) is 9.78 Å². The van der Waals surface area contributed by atoms with Crippen molar-refractivity contribution in [3.63, 3.8) is 0 Å². The molecule has 2 atom stereocenters. The number of carbonyl (C=O) groups excluding carboxylic acids is 2. The summed E-state index contributed by atoms with van der Waals surface area (Å²) in [6.45, 7) is 0. The Morgan fingerprint density at radius 3 is 2.59 bits per heavy atom. The molecule has 8 nitrogen and oxygen atoms in total. The number of aromatic nitrogens is 2. The van der Waals surface area contributed by atoms with Crippen molar-refractivity contribution in [1.29, 1.82) is 0 Å². The molecule has 1 heterocycles. The van der Waals surface area contributed by atoms with Crippen LogP contribution in [0.4, 0.5) is 0 Å². The van der Waals surface area contributed by atoms with Gasteiger partial charge in [-0.15, -0.1) is 0 Å². The number of hydrogen-bond acceptors (Lipinski definition) is 6. The number of rotatable bonds is 4. The third-order valence-electron chi connectivity index (χ3n) is 2.16. The predicted octanol–water partition coefficient (Wildman–Crippen LogP) is -1.91. The summed E-state index contributed by atoms with van der Waals surface area (Å²) in [5.41, 5.74) is 4.79. The van der Waals surface area contributed by atoms with Crippen LogP contribution in [-0.4, -0.2) is 44.9 Å². The Bertz CT molecular complexity index is 442. The van der Waals surface area contributed by atoms with Crippen LogP contribution in [0.25, 0.3) is 0 Å². The van der Waals surface area contributed by atoms with Crippen LogP contribution in [0.3, 0.4) is 0 Å². The number of imidazole rings is 1. The average Bonchev–Trinajstić information content (AvgIpc) is 2.68. The molecule has 0 bridgehead atoms. The number of primary amides is 1. The molecule has 1 rings (SSSR count). The number of aryl methyl sites for hydroxylation is 1. The molecule has 0 radical (unpaired) electrons. The van der Waals surface area contributed by atoms with Gasteiger partial charge in [0.15, 0.2) is 6.10 Å². The molecule has 0 saturated heterocycles. The highest BCUT2D eigenvalue weighted by molar-refractivity contribution is 5.85. The summed E-state index contributed by atoms with van der Waals surface area (Å²) in [7, 11) is 2.69. The van der Waals surface area contributed by atoms with Gasteiger partial charge in [-0.3, -0.25) is 4.79 Å². The number of esters is 1. The first-order valence-electron chi connectivity index (χ1n) is 4.65. The largest absolute Gasteiger partial charge is 0.463 e. The van der Waals surface area contributed by atoms with Crippen molar-refractivity contribution < 1.29 is 24.5 Å². The summed E-state index contributed by atoms with van der Waals surface area (Å²) >= 11 is 0. The zero-order chi connectivity index (χ0) is 13.2. The number of nitrogens with two attached hydrogens (primary N) is 1. The van der Waals surface area contributed by atoms with Gasteiger partial charge >= 0.3 is 5.97 Å². The Kier molecular flexibility index (Phi) is 3.81. The molecule has 0 aliphatic rings. The van der Waals surface area contributed by atoms with Gasteiger partial charge < -0.3 is 25.3 Å². The highest BCUT2D eigenvalue weighted by Crippen LogP contribution is 2.16. The number of aliphatic hydroxyl groups is 2. The smallest absolute Gasteiger partial charge is 0.374 e. The third-order valence-corrected chi connectivity index (χ3v) is 2.16. The van der Waals surface area contributed by atoms with Gasteiger partial charge in [0, 0.05) is 13.2 Å². The van der Waals surface area contributed by atoms with Crippen LogP contribution >= 0.6 is 0 Å². The molecule has 0 aromatic carbocycles. The lowest BCUT2D eigenvalue weighted by Crippen LogP contribution is -2.34. The molecule has 0 aliphatic heterocycles. The first-order chi connectivity index (χ1) is 7.88. The van der Waals surface area contributed by atoms with Crippen LogP contribution in [0.15, 0.2) is 6.20 Å². The Labute approximate surface area is 96.6 Å². The quantitative estimate of drug-likeness (QED) is 0.529. The van der Waals surface area contributed by atoms with Crippen LogP contribution in [0.2, 0.25) is 0 Å². The van der Waals surface area contributed by atoms with E-state index in [4.69, 9.17) is 5.73 Å². The van der Waals surface area contributed by atoms with Crippen LogP contribution in [-0.2, 0) is 16.6 Å². The van der Waals surface area contributed by atoms with Gasteiger partial charge in [0.1, 0.15) is 6.10 Å². The van der Waals surface area contributed by atoms with Crippen molar-refractivity contribution in [2.45, 2.75) is 12.2 Å². The molecule has 0 aliphatic carbocycles.